The molecule has 1 aromatic heterocycles. The van der Waals surface area contributed by atoms with E-state index in [4.69, 9.17) is 11.6 Å². The van der Waals surface area contributed by atoms with E-state index in [1.165, 1.54) is 16.6 Å². The van der Waals surface area contributed by atoms with Crippen molar-refractivity contribution in [3.05, 3.63) is 21.9 Å². The van der Waals surface area contributed by atoms with Gasteiger partial charge >= 0.3 is 0 Å². The normalized spacial score (nSPS) is 12.4. The highest BCUT2D eigenvalue weighted by molar-refractivity contribution is 9.10. The van der Waals surface area contributed by atoms with Gasteiger partial charge in [0.1, 0.15) is 10.0 Å². The molecule has 0 amide bonds. The summed E-state index contributed by atoms with van der Waals surface area (Å²) in [5, 5.41) is -0.00500. The zero-order valence-corrected chi connectivity index (χ0v) is 13.7. The van der Waals surface area contributed by atoms with Crippen LogP contribution in [0.5, 0.6) is 0 Å². The summed E-state index contributed by atoms with van der Waals surface area (Å²) in [5.41, 5.74) is 0. The molecule has 0 saturated heterocycles. The van der Waals surface area contributed by atoms with Gasteiger partial charge in [0.05, 0.1) is 0 Å². The fourth-order valence-corrected chi connectivity index (χ4v) is 3.41. The maximum atomic E-state index is 12.3. The first-order valence-corrected chi connectivity index (χ1v) is 8.13. The van der Waals surface area contributed by atoms with Crippen molar-refractivity contribution < 1.29 is 8.42 Å². The van der Waals surface area contributed by atoms with E-state index in [2.05, 4.69) is 20.9 Å². The van der Waals surface area contributed by atoms with Crippen molar-refractivity contribution in [1.82, 2.24) is 9.29 Å². The fourth-order valence-electron chi connectivity index (χ4n) is 1.31. The molecular weight excluding hydrogens is 340 g/mol. The molecule has 0 N–H and O–H groups in total. The highest BCUT2D eigenvalue weighted by atomic mass is 79.9. The van der Waals surface area contributed by atoms with Gasteiger partial charge in [0, 0.05) is 24.3 Å². The van der Waals surface area contributed by atoms with Crippen LogP contribution in [-0.2, 0) is 10.0 Å². The van der Waals surface area contributed by atoms with Gasteiger partial charge in [-0.3, -0.25) is 0 Å². The van der Waals surface area contributed by atoms with Gasteiger partial charge in [-0.25, -0.2) is 17.7 Å². The molecule has 0 unspecified atom stereocenters. The van der Waals surface area contributed by atoms with Gasteiger partial charge in [0.15, 0.2) is 0 Å². The minimum atomic E-state index is -3.58. The topological polar surface area (TPSA) is 50.3 Å². The lowest BCUT2D eigenvalue weighted by Gasteiger charge is -2.18. The SMILES string of the molecule is CC(C)CCN(C)S(=O)(=O)c1cc(Br)cnc1Cl. The highest BCUT2D eigenvalue weighted by Crippen LogP contribution is 2.25. The minimum absolute atomic E-state index is 0.00500. The Balaban J connectivity index is 3.02. The molecule has 0 atom stereocenters. The van der Waals surface area contributed by atoms with Crippen LogP contribution in [-0.4, -0.2) is 31.3 Å². The Morgan fingerprint density at radius 2 is 2.11 bits per heavy atom. The van der Waals surface area contributed by atoms with Crippen LogP contribution in [0.1, 0.15) is 20.3 Å². The van der Waals surface area contributed by atoms with Crippen LogP contribution in [0.25, 0.3) is 0 Å². The minimum Gasteiger partial charge on any atom is -0.242 e. The summed E-state index contributed by atoms with van der Waals surface area (Å²) in [6.45, 7) is 4.56. The number of hydrogen-bond acceptors (Lipinski definition) is 3. The third-order valence-electron chi connectivity index (χ3n) is 2.48. The summed E-state index contributed by atoms with van der Waals surface area (Å²) in [7, 11) is -2.03. The van der Waals surface area contributed by atoms with E-state index >= 15 is 0 Å². The monoisotopic (exact) mass is 354 g/mol. The van der Waals surface area contributed by atoms with E-state index in [0.717, 1.165) is 6.42 Å². The Labute approximate surface area is 122 Å². The molecule has 1 rings (SSSR count). The first-order valence-electron chi connectivity index (χ1n) is 5.52. The average molecular weight is 356 g/mol. The summed E-state index contributed by atoms with van der Waals surface area (Å²) in [4.78, 5) is 3.87. The van der Waals surface area contributed by atoms with Crippen molar-refractivity contribution in [2.75, 3.05) is 13.6 Å². The van der Waals surface area contributed by atoms with Crippen molar-refractivity contribution in [1.29, 1.82) is 0 Å². The number of hydrogen-bond donors (Lipinski definition) is 0. The molecule has 18 heavy (non-hydrogen) atoms. The van der Waals surface area contributed by atoms with E-state index in [1.54, 1.807) is 7.05 Å². The van der Waals surface area contributed by atoms with E-state index < -0.39 is 10.0 Å². The quantitative estimate of drug-likeness (QED) is 0.762. The average Bonchev–Trinajstić information content (AvgIpc) is 2.28. The van der Waals surface area contributed by atoms with Crippen LogP contribution in [0.4, 0.5) is 0 Å². The van der Waals surface area contributed by atoms with Crippen LogP contribution >= 0.6 is 27.5 Å². The Kier molecular flexibility index (Phi) is 5.58. The van der Waals surface area contributed by atoms with Crippen molar-refractivity contribution in [2.24, 2.45) is 5.92 Å². The summed E-state index contributed by atoms with van der Waals surface area (Å²) < 4.78 is 26.5. The molecule has 4 nitrogen and oxygen atoms in total. The zero-order valence-electron chi connectivity index (χ0n) is 10.5. The number of halogens is 2. The van der Waals surface area contributed by atoms with Gasteiger partial charge in [-0.05, 0) is 34.3 Å². The number of aromatic nitrogens is 1. The smallest absolute Gasteiger partial charge is 0.242 e. The largest absolute Gasteiger partial charge is 0.245 e. The van der Waals surface area contributed by atoms with Gasteiger partial charge < -0.3 is 0 Å². The van der Waals surface area contributed by atoms with Gasteiger partial charge in [-0.2, -0.15) is 0 Å². The van der Waals surface area contributed by atoms with Crippen molar-refractivity contribution in [3.63, 3.8) is 0 Å². The van der Waals surface area contributed by atoms with E-state index in [1.807, 2.05) is 13.8 Å². The summed E-state index contributed by atoms with van der Waals surface area (Å²) in [6, 6.07) is 1.47. The Morgan fingerprint density at radius 3 is 2.67 bits per heavy atom. The first-order chi connectivity index (χ1) is 8.25. The van der Waals surface area contributed by atoms with Gasteiger partial charge in [-0.15, -0.1) is 0 Å². The molecule has 1 aromatic rings. The van der Waals surface area contributed by atoms with Crippen LogP contribution in [0.3, 0.4) is 0 Å². The van der Waals surface area contributed by atoms with E-state index in [0.29, 0.717) is 16.9 Å². The number of sulfonamides is 1. The Bertz CT molecular complexity index is 520. The standard InChI is InChI=1S/C11H16BrClN2O2S/c1-8(2)4-5-15(3)18(16,17)10-6-9(12)7-14-11(10)13/h6-8H,4-5H2,1-3H3. The molecule has 0 spiro atoms. The molecule has 0 aliphatic heterocycles. The molecule has 0 aromatic carbocycles. The predicted molar refractivity (Wildman–Crippen MR) is 76.2 cm³/mol. The molecule has 0 fully saturated rings. The van der Waals surface area contributed by atoms with Crippen LogP contribution in [0, 0.1) is 5.92 Å². The Hall–Kier alpha value is -0.170. The second kappa shape index (κ2) is 6.32. The molecular formula is C11H16BrClN2O2S. The van der Waals surface area contributed by atoms with Gasteiger partial charge in [0.2, 0.25) is 10.0 Å². The molecule has 7 heteroatoms. The third kappa shape index (κ3) is 3.91. The summed E-state index contributed by atoms with van der Waals surface area (Å²) >= 11 is 9.05. The zero-order chi connectivity index (χ0) is 13.9. The van der Waals surface area contributed by atoms with Crippen LogP contribution in [0.2, 0.25) is 5.15 Å². The summed E-state index contributed by atoms with van der Waals surface area (Å²) in [6.07, 6.45) is 2.27. The van der Waals surface area contributed by atoms with Gasteiger partial charge in [0.25, 0.3) is 0 Å². The number of pyridine rings is 1. The highest BCUT2D eigenvalue weighted by Gasteiger charge is 2.24. The predicted octanol–water partition coefficient (Wildman–Crippen LogP) is 3.16. The maximum Gasteiger partial charge on any atom is 0.245 e. The van der Waals surface area contributed by atoms with Crippen molar-refractivity contribution in [3.8, 4) is 0 Å². The molecule has 0 radical (unpaired) electrons. The lowest BCUT2D eigenvalue weighted by atomic mass is 10.1. The molecule has 0 aliphatic carbocycles. The first kappa shape index (κ1) is 15.9. The third-order valence-corrected chi connectivity index (χ3v) is 5.20. The maximum absolute atomic E-state index is 12.3. The number of nitrogens with zero attached hydrogens (tertiary/aromatic N) is 2. The van der Waals surface area contributed by atoms with Gasteiger partial charge in [-0.1, -0.05) is 25.4 Å². The second-order valence-corrected chi connectivity index (χ2v) is 7.74. The molecule has 0 aliphatic rings. The second-order valence-electron chi connectivity index (χ2n) is 4.45. The molecule has 1 heterocycles. The van der Waals surface area contributed by atoms with Crippen molar-refractivity contribution >= 4 is 37.6 Å². The lowest BCUT2D eigenvalue weighted by Crippen LogP contribution is -2.29. The van der Waals surface area contributed by atoms with E-state index in [-0.39, 0.29) is 10.0 Å². The number of rotatable bonds is 5. The Morgan fingerprint density at radius 1 is 1.50 bits per heavy atom. The van der Waals surface area contributed by atoms with E-state index in [9.17, 15) is 8.42 Å². The molecule has 0 bridgehead atoms. The van der Waals surface area contributed by atoms with Crippen LogP contribution in [0.15, 0.2) is 21.6 Å². The summed E-state index contributed by atoms with van der Waals surface area (Å²) in [5.74, 6) is 0.443. The molecule has 0 saturated carbocycles. The molecule has 102 valence electrons. The lowest BCUT2D eigenvalue weighted by molar-refractivity contribution is 0.428. The van der Waals surface area contributed by atoms with Crippen molar-refractivity contribution in [2.45, 2.75) is 25.2 Å². The van der Waals surface area contributed by atoms with Crippen LogP contribution < -0.4 is 0 Å². The fraction of sp³-hybridized carbons (Fsp3) is 0.545.